The van der Waals surface area contributed by atoms with Gasteiger partial charge in [-0.05, 0) is 32.9 Å². The van der Waals surface area contributed by atoms with Gasteiger partial charge in [-0.1, -0.05) is 12.1 Å². The van der Waals surface area contributed by atoms with E-state index < -0.39 is 0 Å². The molecule has 2 aromatic heterocycles. The number of fused-ring (bicyclic) bond motifs is 1. The van der Waals surface area contributed by atoms with Crippen LogP contribution in [-0.2, 0) is 0 Å². The van der Waals surface area contributed by atoms with Crippen LogP contribution in [0.25, 0.3) is 17.0 Å². The number of nitrogens with one attached hydrogen (secondary N) is 1. The standard InChI is InChI=1S/C14H15ClN4/c1-8(15)13-9(2)18-19(10(13)3)14-16-11-6-4-5-7-12(11)17-14/h4-8H,1-3H3,(H,16,17). The summed E-state index contributed by atoms with van der Waals surface area (Å²) in [6.45, 7) is 5.95. The molecule has 1 unspecified atom stereocenters. The van der Waals surface area contributed by atoms with Crippen LogP contribution < -0.4 is 0 Å². The molecule has 0 saturated heterocycles. The number of benzene rings is 1. The number of alkyl halides is 1. The van der Waals surface area contributed by atoms with Gasteiger partial charge in [0.1, 0.15) is 0 Å². The maximum atomic E-state index is 6.21. The Hall–Kier alpha value is -1.81. The summed E-state index contributed by atoms with van der Waals surface area (Å²) in [4.78, 5) is 7.84. The summed E-state index contributed by atoms with van der Waals surface area (Å²) in [5, 5.41) is 4.48. The Morgan fingerprint density at radius 1 is 1.26 bits per heavy atom. The first-order valence-electron chi connectivity index (χ1n) is 6.23. The molecule has 3 aromatic rings. The summed E-state index contributed by atoms with van der Waals surface area (Å²) in [6.07, 6.45) is 0. The lowest BCUT2D eigenvalue weighted by Crippen LogP contribution is -2.01. The lowest BCUT2D eigenvalue weighted by Gasteiger charge is -2.03. The highest BCUT2D eigenvalue weighted by atomic mass is 35.5. The van der Waals surface area contributed by atoms with Gasteiger partial charge in [-0.2, -0.15) is 5.10 Å². The first-order chi connectivity index (χ1) is 9.08. The molecule has 5 heteroatoms. The molecule has 4 nitrogen and oxygen atoms in total. The fourth-order valence-electron chi connectivity index (χ4n) is 2.48. The van der Waals surface area contributed by atoms with Crippen molar-refractivity contribution in [2.45, 2.75) is 26.1 Å². The lowest BCUT2D eigenvalue weighted by atomic mass is 10.1. The number of H-pyrrole nitrogens is 1. The Morgan fingerprint density at radius 2 is 2.00 bits per heavy atom. The number of aromatic nitrogens is 4. The molecule has 3 rings (SSSR count). The van der Waals surface area contributed by atoms with Crippen molar-refractivity contribution in [3.63, 3.8) is 0 Å². The second-order valence-electron chi connectivity index (χ2n) is 4.69. The largest absolute Gasteiger partial charge is 0.322 e. The summed E-state index contributed by atoms with van der Waals surface area (Å²) in [5.74, 6) is 0.727. The van der Waals surface area contributed by atoms with Crippen LogP contribution in [0.5, 0.6) is 0 Å². The Bertz CT molecular complexity index is 706. The van der Waals surface area contributed by atoms with Gasteiger partial charge in [0.2, 0.25) is 5.95 Å². The molecule has 0 amide bonds. The van der Waals surface area contributed by atoms with Gasteiger partial charge < -0.3 is 4.98 Å². The molecule has 0 bridgehead atoms. The van der Waals surface area contributed by atoms with Crippen molar-refractivity contribution in [2.24, 2.45) is 0 Å². The van der Waals surface area contributed by atoms with Crippen molar-refractivity contribution in [3.05, 3.63) is 41.2 Å². The number of hydrogen-bond acceptors (Lipinski definition) is 2. The molecule has 0 fully saturated rings. The number of halogens is 1. The fraction of sp³-hybridized carbons (Fsp3) is 0.286. The van der Waals surface area contributed by atoms with Crippen LogP contribution >= 0.6 is 11.6 Å². The van der Waals surface area contributed by atoms with Crippen molar-refractivity contribution in [1.82, 2.24) is 19.7 Å². The molecule has 0 aliphatic carbocycles. The van der Waals surface area contributed by atoms with E-state index in [1.165, 1.54) is 0 Å². The second-order valence-corrected chi connectivity index (χ2v) is 5.34. The molecule has 0 spiro atoms. The summed E-state index contributed by atoms with van der Waals surface area (Å²) < 4.78 is 1.82. The van der Waals surface area contributed by atoms with Gasteiger partial charge in [-0.3, -0.25) is 0 Å². The summed E-state index contributed by atoms with van der Waals surface area (Å²) in [6, 6.07) is 7.94. The van der Waals surface area contributed by atoms with E-state index in [1.807, 2.05) is 49.7 Å². The van der Waals surface area contributed by atoms with Crippen molar-refractivity contribution < 1.29 is 0 Å². The molecular formula is C14H15ClN4. The number of nitrogens with zero attached hydrogens (tertiary/aromatic N) is 3. The third-order valence-electron chi connectivity index (χ3n) is 3.32. The monoisotopic (exact) mass is 274 g/mol. The number of rotatable bonds is 2. The quantitative estimate of drug-likeness (QED) is 0.725. The molecule has 0 saturated carbocycles. The zero-order valence-electron chi connectivity index (χ0n) is 11.1. The van der Waals surface area contributed by atoms with E-state index in [9.17, 15) is 0 Å². The first-order valence-corrected chi connectivity index (χ1v) is 6.67. The topological polar surface area (TPSA) is 46.5 Å². The number of hydrogen-bond donors (Lipinski definition) is 1. The SMILES string of the molecule is Cc1nn(-c2nc3ccccc3[nH]2)c(C)c1C(C)Cl. The molecular weight excluding hydrogens is 260 g/mol. The Morgan fingerprint density at radius 3 is 2.63 bits per heavy atom. The number of imidazole rings is 1. The zero-order chi connectivity index (χ0) is 13.6. The van der Waals surface area contributed by atoms with Gasteiger partial charge in [-0.15, -0.1) is 11.6 Å². The van der Waals surface area contributed by atoms with Gasteiger partial charge in [0.05, 0.1) is 22.1 Å². The van der Waals surface area contributed by atoms with Crippen LogP contribution in [0.15, 0.2) is 24.3 Å². The lowest BCUT2D eigenvalue weighted by molar-refractivity contribution is 0.789. The van der Waals surface area contributed by atoms with Crippen LogP contribution in [0.1, 0.15) is 29.3 Å². The first kappa shape index (κ1) is 12.2. The van der Waals surface area contributed by atoms with Gasteiger partial charge in [0.25, 0.3) is 0 Å². The van der Waals surface area contributed by atoms with Gasteiger partial charge >= 0.3 is 0 Å². The van der Waals surface area contributed by atoms with Crippen LogP contribution in [0.4, 0.5) is 0 Å². The van der Waals surface area contributed by atoms with Crippen LogP contribution in [0.3, 0.4) is 0 Å². The highest BCUT2D eigenvalue weighted by Gasteiger charge is 2.18. The maximum absolute atomic E-state index is 6.21. The van der Waals surface area contributed by atoms with E-state index in [0.29, 0.717) is 0 Å². The average molecular weight is 275 g/mol. The third-order valence-corrected chi connectivity index (χ3v) is 3.54. The van der Waals surface area contributed by atoms with Crippen molar-refractivity contribution in [1.29, 1.82) is 0 Å². The highest BCUT2D eigenvalue weighted by Crippen LogP contribution is 2.27. The molecule has 98 valence electrons. The van der Waals surface area contributed by atoms with Crippen molar-refractivity contribution in [3.8, 4) is 5.95 Å². The second kappa shape index (κ2) is 4.38. The molecule has 1 aromatic carbocycles. The number of aryl methyl sites for hydroxylation is 1. The van der Waals surface area contributed by atoms with Gasteiger partial charge in [0, 0.05) is 11.3 Å². The van der Waals surface area contributed by atoms with E-state index in [-0.39, 0.29) is 5.38 Å². The Balaban J connectivity index is 2.19. The summed E-state index contributed by atoms with van der Waals surface area (Å²) >= 11 is 6.21. The zero-order valence-corrected chi connectivity index (χ0v) is 11.9. The minimum atomic E-state index is -0.0573. The molecule has 1 N–H and O–H groups in total. The molecule has 2 heterocycles. The maximum Gasteiger partial charge on any atom is 0.229 e. The van der Waals surface area contributed by atoms with Gasteiger partial charge in [0.15, 0.2) is 0 Å². The predicted octanol–water partition coefficient (Wildman–Crippen LogP) is 3.67. The Labute approximate surface area is 116 Å². The molecule has 0 aliphatic heterocycles. The molecule has 1 atom stereocenters. The minimum absolute atomic E-state index is 0.0573. The van der Waals surface area contributed by atoms with Crippen LogP contribution in [0.2, 0.25) is 0 Å². The summed E-state index contributed by atoms with van der Waals surface area (Å²) in [5.41, 5.74) is 4.98. The normalized spacial score (nSPS) is 13.1. The van der Waals surface area contributed by atoms with E-state index in [2.05, 4.69) is 15.1 Å². The number of aromatic amines is 1. The van der Waals surface area contributed by atoms with Crippen molar-refractivity contribution in [2.75, 3.05) is 0 Å². The summed E-state index contributed by atoms with van der Waals surface area (Å²) in [7, 11) is 0. The van der Waals surface area contributed by atoms with Crippen molar-refractivity contribution >= 4 is 22.6 Å². The molecule has 0 aliphatic rings. The van der Waals surface area contributed by atoms with Crippen LogP contribution in [0, 0.1) is 13.8 Å². The van der Waals surface area contributed by atoms with Gasteiger partial charge in [-0.25, -0.2) is 9.67 Å². The third kappa shape index (κ3) is 1.92. The highest BCUT2D eigenvalue weighted by molar-refractivity contribution is 6.20. The van der Waals surface area contributed by atoms with E-state index in [0.717, 1.165) is 33.9 Å². The van der Waals surface area contributed by atoms with E-state index in [1.54, 1.807) is 0 Å². The molecule has 19 heavy (non-hydrogen) atoms. The predicted molar refractivity (Wildman–Crippen MR) is 77.0 cm³/mol. The fourth-order valence-corrected chi connectivity index (χ4v) is 2.79. The number of para-hydroxylation sites is 2. The minimum Gasteiger partial charge on any atom is -0.322 e. The molecule has 0 radical (unpaired) electrons. The van der Waals surface area contributed by atoms with E-state index >= 15 is 0 Å². The average Bonchev–Trinajstić information content (AvgIpc) is 2.89. The Kier molecular flexibility index (Phi) is 2.82. The van der Waals surface area contributed by atoms with Crippen LogP contribution in [-0.4, -0.2) is 19.7 Å². The smallest absolute Gasteiger partial charge is 0.229 e. The van der Waals surface area contributed by atoms with E-state index in [4.69, 9.17) is 11.6 Å².